The number of rotatable bonds is 6. The molecule has 0 spiro atoms. The maximum absolute atomic E-state index is 12.4. The molecule has 3 aromatic carbocycles. The summed E-state index contributed by atoms with van der Waals surface area (Å²) in [4.78, 5) is 35.1. The van der Waals surface area contributed by atoms with Crippen molar-refractivity contribution in [3.05, 3.63) is 93.0 Å². The number of nitro benzene ring substituents is 1. The number of carbonyl (C=O) groups excluding carboxylic acids is 2. The first-order chi connectivity index (χ1) is 14.4. The maximum Gasteiger partial charge on any atom is 0.288 e. The summed E-state index contributed by atoms with van der Waals surface area (Å²) in [7, 11) is 1.51. The van der Waals surface area contributed by atoms with Gasteiger partial charge in [0.25, 0.3) is 17.5 Å². The molecule has 0 aliphatic heterocycles. The van der Waals surface area contributed by atoms with Crippen LogP contribution in [0.25, 0.3) is 0 Å². The molecule has 0 bridgehead atoms. The van der Waals surface area contributed by atoms with Gasteiger partial charge in [-0.3, -0.25) is 19.7 Å². The van der Waals surface area contributed by atoms with Gasteiger partial charge in [-0.05, 0) is 48.5 Å². The van der Waals surface area contributed by atoms with Crippen molar-refractivity contribution in [1.29, 1.82) is 0 Å². The second kappa shape index (κ2) is 9.06. The van der Waals surface area contributed by atoms with Crippen LogP contribution in [0.5, 0.6) is 5.75 Å². The lowest BCUT2D eigenvalue weighted by molar-refractivity contribution is -0.384. The van der Waals surface area contributed by atoms with E-state index in [4.69, 9.17) is 16.3 Å². The van der Waals surface area contributed by atoms with Crippen molar-refractivity contribution in [2.45, 2.75) is 0 Å². The fraction of sp³-hybridized carbons (Fsp3) is 0.0476. The highest BCUT2D eigenvalue weighted by molar-refractivity contribution is 6.32. The van der Waals surface area contributed by atoms with Crippen molar-refractivity contribution in [2.75, 3.05) is 17.7 Å². The molecule has 0 atom stereocenters. The summed E-state index contributed by atoms with van der Waals surface area (Å²) in [5, 5.41) is 16.3. The molecule has 0 aromatic heterocycles. The topological polar surface area (TPSA) is 111 Å². The Morgan fingerprint density at radius 2 is 1.57 bits per heavy atom. The first-order valence-electron chi connectivity index (χ1n) is 8.69. The molecule has 0 radical (unpaired) electrons. The quantitative estimate of drug-likeness (QED) is 0.437. The number of nitrogens with zero attached hydrogens (tertiary/aromatic N) is 1. The van der Waals surface area contributed by atoms with Gasteiger partial charge in [0.2, 0.25) is 0 Å². The van der Waals surface area contributed by atoms with E-state index in [0.29, 0.717) is 22.7 Å². The van der Waals surface area contributed by atoms with E-state index in [2.05, 4.69) is 10.6 Å². The third kappa shape index (κ3) is 4.73. The number of ether oxygens (including phenoxy) is 1. The number of anilines is 2. The van der Waals surface area contributed by atoms with Crippen LogP contribution in [0.15, 0.2) is 66.7 Å². The molecule has 8 nitrogen and oxygen atoms in total. The SMILES string of the molecule is COc1ccccc1NC(=O)c1ccc(NC(=O)c2ccc(Cl)c([N+](=O)[O-])c2)cc1. The van der Waals surface area contributed by atoms with Gasteiger partial charge in [0.1, 0.15) is 10.8 Å². The fourth-order valence-electron chi connectivity index (χ4n) is 2.64. The number of methoxy groups -OCH3 is 1. The molecule has 3 aromatic rings. The Hall–Kier alpha value is -3.91. The fourth-order valence-corrected chi connectivity index (χ4v) is 2.83. The predicted octanol–water partition coefficient (Wildman–Crippen LogP) is 4.76. The molecular weight excluding hydrogens is 410 g/mol. The zero-order chi connectivity index (χ0) is 21.7. The molecule has 0 heterocycles. The van der Waals surface area contributed by atoms with E-state index >= 15 is 0 Å². The largest absolute Gasteiger partial charge is 0.495 e. The average molecular weight is 426 g/mol. The molecule has 0 fully saturated rings. The number of benzene rings is 3. The monoisotopic (exact) mass is 425 g/mol. The molecule has 152 valence electrons. The van der Waals surface area contributed by atoms with Gasteiger partial charge in [0.15, 0.2) is 0 Å². The normalized spacial score (nSPS) is 10.2. The first-order valence-corrected chi connectivity index (χ1v) is 9.06. The Bertz CT molecular complexity index is 1120. The van der Waals surface area contributed by atoms with E-state index in [-0.39, 0.29) is 22.2 Å². The molecule has 0 aliphatic rings. The number of halogens is 1. The number of hydrogen-bond acceptors (Lipinski definition) is 5. The summed E-state index contributed by atoms with van der Waals surface area (Å²) in [6, 6.07) is 17.0. The Morgan fingerprint density at radius 1 is 0.933 bits per heavy atom. The Kier molecular flexibility index (Phi) is 6.29. The van der Waals surface area contributed by atoms with Crippen molar-refractivity contribution >= 4 is 40.5 Å². The molecule has 0 aliphatic carbocycles. The van der Waals surface area contributed by atoms with Crippen molar-refractivity contribution in [3.8, 4) is 5.75 Å². The van der Waals surface area contributed by atoms with E-state index in [1.807, 2.05) is 0 Å². The number of hydrogen-bond donors (Lipinski definition) is 2. The van der Waals surface area contributed by atoms with Gasteiger partial charge in [-0.2, -0.15) is 0 Å². The van der Waals surface area contributed by atoms with Crippen molar-refractivity contribution in [3.63, 3.8) is 0 Å². The Balaban J connectivity index is 1.70. The minimum absolute atomic E-state index is 0.0537. The summed E-state index contributed by atoms with van der Waals surface area (Å²) < 4.78 is 5.20. The van der Waals surface area contributed by atoms with Gasteiger partial charge >= 0.3 is 0 Å². The Labute approximate surface area is 176 Å². The lowest BCUT2D eigenvalue weighted by Gasteiger charge is -2.10. The summed E-state index contributed by atoms with van der Waals surface area (Å²) >= 11 is 5.76. The van der Waals surface area contributed by atoms with E-state index in [1.165, 1.54) is 19.2 Å². The molecule has 9 heteroatoms. The van der Waals surface area contributed by atoms with Crippen molar-refractivity contribution < 1.29 is 19.2 Å². The second-order valence-electron chi connectivity index (χ2n) is 6.11. The summed E-state index contributed by atoms with van der Waals surface area (Å²) in [6.45, 7) is 0. The van der Waals surface area contributed by atoms with E-state index < -0.39 is 10.8 Å². The molecule has 30 heavy (non-hydrogen) atoms. The zero-order valence-corrected chi connectivity index (χ0v) is 16.5. The lowest BCUT2D eigenvalue weighted by atomic mass is 10.1. The van der Waals surface area contributed by atoms with Gasteiger partial charge < -0.3 is 15.4 Å². The van der Waals surface area contributed by atoms with Gasteiger partial charge in [0, 0.05) is 22.9 Å². The molecule has 0 saturated carbocycles. The van der Waals surface area contributed by atoms with Crippen LogP contribution in [0.1, 0.15) is 20.7 Å². The van der Waals surface area contributed by atoms with Gasteiger partial charge in [-0.25, -0.2) is 0 Å². The second-order valence-corrected chi connectivity index (χ2v) is 6.52. The van der Waals surface area contributed by atoms with E-state index in [9.17, 15) is 19.7 Å². The lowest BCUT2D eigenvalue weighted by Crippen LogP contribution is -2.14. The molecule has 2 N–H and O–H groups in total. The zero-order valence-electron chi connectivity index (χ0n) is 15.7. The number of nitro groups is 1. The highest BCUT2D eigenvalue weighted by Gasteiger charge is 2.16. The van der Waals surface area contributed by atoms with Crippen LogP contribution < -0.4 is 15.4 Å². The average Bonchev–Trinajstić information content (AvgIpc) is 2.74. The standard InChI is InChI=1S/C21H16ClN3O5/c1-30-19-5-3-2-4-17(19)24-20(26)13-6-9-15(10-7-13)23-21(27)14-8-11-16(22)18(12-14)25(28)29/h2-12H,1H3,(H,23,27)(H,24,26). The van der Waals surface area contributed by atoms with Crippen LogP contribution in [-0.4, -0.2) is 23.8 Å². The van der Waals surface area contributed by atoms with Crippen LogP contribution >= 0.6 is 11.6 Å². The highest BCUT2D eigenvalue weighted by atomic mass is 35.5. The van der Waals surface area contributed by atoms with Crippen LogP contribution in [0.3, 0.4) is 0 Å². The number of amides is 2. The molecular formula is C21H16ClN3O5. The van der Waals surface area contributed by atoms with Gasteiger partial charge in [-0.15, -0.1) is 0 Å². The number of carbonyl (C=O) groups is 2. The predicted molar refractivity (Wildman–Crippen MR) is 113 cm³/mol. The Morgan fingerprint density at radius 3 is 2.23 bits per heavy atom. The highest BCUT2D eigenvalue weighted by Crippen LogP contribution is 2.26. The van der Waals surface area contributed by atoms with Crippen LogP contribution in [0.2, 0.25) is 5.02 Å². The summed E-state index contributed by atoms with van der Waals surface area (Å²) in [6.07, 6.45) is 0. The molecule has 0 saturated heterocycles. The number of nitrogens with one attached hydrogen (secondary N) is 2. The summed E-state index contributed by atoms with van der Waals surface area (Å²) in [5.74, 6) is -0.349. The van der Waals surface area contributed by atoms with Crippen molar-refractivity contribution in [1.82, 2.24) is 0 Å². The van der Waals surface area contributed by atoms with Crippen LogP contribution in [-0.2, 0) is 0 Å². The molecule has 2 amide bonds. The van der Waals surface area contributed by atoms with Crippen LogP contribution in [0.4, 0.5) is 17.1 Å². The van der Waals surface area contributed by atoms with Crippen LogP contribution in [0, 0.1) is 10.1 Å². The molecule has 0 unspecified atom stereocenters. The third-order valence-electron chi connectivity index (χ3n) is 4.17. The number of para-hydroxylation sites is 2. The minimum atomic E-state index is -0.658. The smallest absolute Gasteiger partial charge is 0.288 e. The maximum atomic E-state index is 12.4. The van der Waals surface area contributed by atoms with Crippen molar-refractivity contribution in [2.24, 2.45) is 0 Å². The third-order valence-corrected chi connectivity index (χ3v) is 4.48. The van der Waals surface area contributed by atoms with Gasteiger partial charge in [0.05, 0.1) is 17.7 Å². The van der Waals surface area contributed by atoms with E-state index in [0.717, 1.165) is 6.07 Å². The first kappa shape index (κ1) is 20.8. The van der Waals surface area contributed by atoms with Gasteiger partial charge in [-0.1, -0.05) is 23.7 Å². The summed E-state index contributed by atoms with van der Waals surface area (Å²) in [5.41, 5.74) is 1.07. The van der Waals surface area contributed by atoms with E-state index in [1.54, 1.807) is 48.5 Å². The molecule has 3 rings (SSSR count). The minimum Gasteiger partial charge on any atom is -0.495 e.